The number of amides is 1. The highest BCUT2D eigenvalue weighted by Crippen LogP contribution is 2.31. The zero-order valence-corrected chi connectivity index (χ0v) is 8.53. The van der Waals surface area contributed by atoms with Gasteiger partial charge in [-0.05, 0) is 31.1 Å². The Labute approximate surface area is 87.9 Å². The van der Waals surface area contributed by atoms with E-state index in [0.717, 1.165) is 16.8 Å². The molecule has 15 heavy (non-hydrogen) atoms. The molecule has 1 N–H and O–H groups in total. The van der Waals surface area contributed by atoms with Gasteiger partial charge in [0.1, 0.15) is 5.82 Å². The van der Waals surface area contributed by atoms with Crippen molar-refractivity contribution >= 4 is 17.5 Å². The number of hydrogen-bond donors (Lipinski definition) is 1. The van der Waals surface area contributed by atoms with Crippen molar-refractivity contribution in [3.8, 4) is 0 Å². The molecule has 1 amide bonds. The van der Waals surface area contributed by atoms with Crippen molar-refractivity contribution < 1.29 is 9.90 Å². The van der Waals surface area contributed by atoms with Crippen LogP contribution in [0, 0.1) is 6.92 Å². The number of carbonyl (C=O) groups is 1. The van der Waals surface area contributed by atoms with Gasteiger partial charge in [-0.3, -0.25) is 4.90 Å². The molecular weight excluding hydrogens is 192 g/mol. The molecule has 0 bridgehead atoms. The fourth-order valence-corrected chi connectivity index (χ4v) is 1.70. The maximum absolute atomic E-state index is 11.0. The van der Waals surface area contributed by atoms with Gasteiger partial charge in [0.2, 0.25) is 0 Å². The van der Waals surface area contributed by atoms with Gasteiger partial charge in [0, 0.05) is 17.8 Å². The number of rotatable bonds is 0. The zero-order chi connectivity index (χ0) is 11.0. The Bertz CT molecular complexity index is 440. The molecule has 4 heteroatoms. The second-order valence-corrected chi connectivity index (χ2v) is 3.61. The lowest BCUT2D eigenvalue weighted by atomic mass is 10.0. The highest BCUT2D eigenvalue weighted by molar-refractivity contribution is 5.91. The molecule has 2 rings (SSSR count). The minimum absolute atomic E-state index is 0.442. The van der Waals surface area contributed by atoms with Crippen LogP contribution in [-0.4, -0.2) is 22.7 Å². The largest absolute Gasteiger partial charge is 0.465 e. The van der Waals surface area contributed by atoms with Gasteiger partial charge in [0.05, 0.1) is 0 Å². The summed E-state index contributed by atoms with van der Waals surface area (Å²) in [5.74, 6) is 0.513. The number of nitrogens with zero attached hydrogens (tertiary/aromatic N) is 2. The van der Waals surface area contributed by atoms with Crippen LogP contribution in [0.25, 0.3) is 5.57 Å². The molecule has 2 heterocycles. The van der Waals surface area contributed by atoms with E-state index in [9.17, 15) is 4.79 Å². The minimum atomic E-state index is -0.957. The molecule has 0 unspecified atom stereocenters. The molecule has 0 aliphatic carbocycles. The third-order valence-electron chi connectivity index (χ3n) is 2.52. The van der Waals surface area contributed by atoms with E-state index in [1.807, 2.05) is 19.1 Å². The van der Waals surface area contributed by atoms with Gasteiger partial charge < -0.3 is 5.11 Å². The molecule has 0 atom stereocenters. The Morgan fingerprint density at radius 1 is 1.60 bits per heavy atom. The average molecular weight is 204 g/mol. The van der Waals surface area contributed by atoms with Crippen molar-refractivity contribution in [2.24, 2.45) is 0 Å². The molecule has 1 aromatic heterocycles. The molecule has 1 aromatic rings. The summed E-state index contributed by atoms with van der Waals surface area (Å²) in [5.41, 5.74) is 2.61. The molecule has 1 aliphatic rings. The first-order chi connectivity index (χ1) is 7.09. The lowest BCUT2D eigenvalue weighted by Gasteiger charge is -2.27. The van der Waals surface area contributed by atoms with Crippen molar-refractivity contribution in [3.63, 3.8) is 0 Å². The molecule has 0 spiro atoms. The van der Waals surface area contributed by atoms with E-state index in [-0.39, 0.29) is 0 Å². The van der Waals surface area contributed by atoms with Crippen molar-refractivity contribution in [3.05, 3.63) is 30.0 Å². The van der Waals surface area contributed by atoms with Crippen LogP contribution in [0.4, 0.5) is 10.6 Å². The van der Waals surface area contributed by atoms with Crippen molar-refractivity contribution in [1.82, 2.24) is 4.98 Å². The molecule has 0 saturated carbocycles. The third kappa shape index (κ3) is 1.58. The van der Waals surface area contributed by atoms with E-state index >= 15 is 0 Å². The maximum atomic E-state index is 11.0. The normalized spacial score (nSPS) is 15.0. The second-order valence-electron chi connectivity index (χ2n) is 3.61. The van der Waals surface area contributed by atoms with Crippen LogP contribution in [0.5, 0.6) is 0 Å². The number of pyridine rings is 1. The lowest BCUT2D eigenvalue weighted by Crippen LogP contribution is -2.34. The number of carboxylic acid groups (broad SMARTS) is 1. The average Bonchev–Trinajstić information content (AvgIpc) is 2.17. The fraction of sp³-hybridized carbons (Fsp3) is 0.273. The summed E-state index contributed by atoms with van der Waals surface area (Å²) >= 11 is 0. The van der Waals surface area contributed by atoms with Crippen LogP contribution in [0.1, 0.15) is 17.7 Å². The minimum Gasteiger partial charge on any atom is -0.465 e. The molecular formula is C11H12N2O2. The second kappa shape index (κ2) is 3.38. The summed E-state index contributed by atoms with van der Waals surface area (Å²) in [7, 11) is 0. The summed E-state index contributed by atoms with van der Waals surface area (Å²) in [5, 5.41) is 9.02. The maximum Gasteiger partial charge on any atom is 0.413 e. The molecule has 0 saturated heterocycles. The number of aromatic nitrogens is 1. The quantitative estimate of drug-likeness (QED) is 0.705. The first-order valence-electron chi connectivity index (χ1n) is 4.76. The van der Waals surface area contributed by atoms with Gasteiger partial charge in [-0.15, -0.1) is 0 Å². The Hall–Kier alpha value is -1.84. The predicted octanol–water partition coefficient (Wildman–Crippen LogP) is 2.29. The van der Waals surface area contributed by atoms with Crippen LogP contribution in [0.2, 0.25) is 0 Å². The number of hydrogen-bond acceptors (Lipinski definition) is 2. The van der Waals surface area contributed by atoms with Gasteiger partial charge in [-0.2, -0.15) is 0 Å². The van der Waals surface area contributed by atoms with Gasteiger partial charge in [-0.25, -0.2) is 9.78 Å². The van der Waals surface area contributed by atoms with E-state index in [4.69, 9.17) is 5.11 Å². The molecule has 0 aromatic carbocycles. The molecule has 0 radical (unpaired) electrons. The highest BCUT2D eigenvalue weighted by Gasteiger charge is 2.25. The van der Waals surface area contributed by atoms with Gasteiger partial charge >= 0.3 is 6.09 Å². The van der Waals surface area contributed by atoms with Gasteiger partial charge in [-0.1, -0.05) is 6.58 Å². The monoisotopic (exact) mass is 204 g/mol. The molecule has 78 valence electrons. The first-order valence-corrected chi connectivity index (χ1v) is 4.76. The number of fused-ring (bicyclic) bond motifs is 1. The van der Waals surface area contributed by atoms with Crippen molar-refractivity contribution in [2.45, 2.75) is 13.3 Å². The van der Waals surface area contributed by atoms with E-state index < -0.39 is 6.09 Å². The third-order valence-corrected chi connectivity index (χ3v) is 2.52. The lowest BCUT2D eigenvalue weighted by molar-refractivity contribution is 0.201. The Kier molecular flexibility index (Phi) is 2.19. The fourth-order valence-electron chi connectivity index (χ4n) is 1.70. The van der Waals surface area contributed by atoms with Crippen LogP contribution < -0.4 is 4.90 Å². The van der Waals surface area contributed by atoms with E-state index in [1.54, 1.807) is 0 Å². The SMILES string of the molecule is C=C1CCN(C(=O)O)c2nc(C)ccc21. The molecule has 0 fully saturated rings. The Morgan fingerprint density at radius 3 is 3.00 bits per heavy atom. The number of aryl methyl sites for hydroxylation is 1. The summed E-state index contributed by atoms with van der Waals surface area (Å²) in [6.07, 6.45) is -0.286. The summed E-state index contributed by atoms with van der Waals surface area (Å²) < 4.78 is 0. The van der Waals surface area contributed by atoms with Crippen LogP contribution in [-0.2, 0) is 0 Å². The summed E-state index contributed by atoms with van der Waals surface area (Å²) in [6, 6.07) is 3.75. The van der Waals surface area contributed by atoms with E-state index in [0.29, 0.717) is 18.8 Å². The van der Waals surface area contributed by atoms with E-state index in [2.05, 4.69) is 11.6 Å². The van der Waals surface area contributed by atoms with Crippen LogP contribution in [0.3, 0.4) is 0 Å². The highest BCUT2D eigenvalue weighted by atomic mass is 16.4. The summed E-state index contributed by atoms with van der Waals surface area (Å²) in [6.45, 7) is 6.21. The Balaban J connectivity index is 2.56. The van der Waals surface area contributed by atoms with Gasteiger partial charge in [0.25, 0.3) is 0 Å². The van der Waals surface area contributed by atoms with Gasteiger partial charge in [0.15, 0.2) is 0 Å². The Morgan fingerprint density at radius 2 is 2.33 bits per heavy atom. The van der Waals surface area contributed by atoms with Crippen molar-refractivity contribution in [2.75, 3.05) is 11.4 Å². The molecule has 1 aliphatic heterocycles. The molecule has 4 nitrogen and oxygen atoms in total. The zero-order valence-electron chi connectivity index (χ0n) is 8.53. The smallest absolute Gasteiger partial charge is 0.413 e. The standard InChI is InChI=1S/C11H12N2O2/c1-7-5-6-13(11(14)15)10-9(7)4-3-8(2)12-10/h3-4H,1,5-6H2,2H3,(H,14,15). The first kappa shape index (κ1) is 9.71. The topological polar surface area (TPSA) is 53.4 Å². The van der Waals surface area contributed by atoms with Crippen LogP contribution in [0.15, 0.2) is 18.7 Å². The number of anilines is 1. The summed E-state index contributed by atoms with van der Waals surface area (Å²) in [4.78, 5) is 16.5. The van der Waals surface area contributed by atoms with Crippen LogP contribution >= 0.6 is 0 Å². The van der Waals surface area contributed by atoms with E-state index in [1.165, 1.54) is 4.90 Å². The predicted molar refractivity (Wildman–Crippen MR) is 58.0 cm³/mol. The van der Waals surface area contributed by atoms with Crippen molar-refractivity contribution in [1.29, 1.82) is 0 Å².